The SMILES string of the molecule is CN=C(NCCCOC1CCOC1)NCc1cccc(C(=O)NC)c1.I. The van der Waals surface area contributed by atoms with Crippen molar-refractivity contribution in [2.24, 2.45) is 4.99 Å². The van der Waals surface area contributed by atoms with Crippen molar-refractivity contribution in [2.75, 3.05) is 40.5 Å². The molecule has 1 unspecified atom stereocenters. The number of ether oxygens (including phenoxy) is 2. The van der Waals surface area contributed by atoms with Crippen molar-refractivity contribution in [3.63, 3.8) is 0 Å². The molecule has 0 radical (unpaired) electrons. The highest BCUT2D eigenvalue weighted by molar-refractivity contribution is 14.0. The number of carbonyl (C=O) groups is 1. The smallest absolute Gasteiger partial charge is 0.251 e. The van der Waals surface area contributed by atoms with E-state index in [1.807, 2.05) is 18.2 Å². The van der Waals surface area contributed by atoms with Crippen molar-refractivity contribution < 1.29 is 14.3 Å². The van der Waals surface area contributed by atoms with Gasteiger partial charge in [-0.2, -0.15) is 0 Å². The average molecular weight is 476 g/mol. The number of guanidine groups is 1. The predicted molar refractivity (Wildman–Crippen MR) is 113 cm³/mol. The van der Waals surface area contributed by atoms with Crippen molar-refractivity contribution in [2.45, 2.75) is 25.5 Å². The lowest BCUT2D eigenvalue weighted by Crippen LogP contribution is -2.37. The number of nitrogens with one attached hydrogen (secondary N) is 3. The lowest BCUT2D eigenvalue weighted by molar-refractivity contribution is 0.0420. The Labute approximate surface area is 172 Å². The van der Waals surface area contributed by atoms with E-state index in [0.29, 0.717) is 25.3 Å². The van der Waals surface area contributed by atoms with Crippen molar-refractivity contribution in [1.29, 1.82) is 0 Å². The van der Waals surface area contributed by atoms with Gasteiger partial charge in [0.1, 0.15) is 0 Å². The molecular weight excluding hydrogens is 447 g/mol. The average Bonchev–Trinajstić information content (AvgIpc) is 3.17. The largest absolute Gasteiger partial charge is 0.379 e. The quantitative estimate of drug-likeness (QED) is 0.230. The Hall–Kier alpha value is -1.39. The van der Waals surface area contributed by atoms with E-state index in [4.69, 9.17) is 9.47 Å². The summed E-state index contributed by atoms with van der Waals surface area (Å²) in [5, 5.41) is 9.14. The lowest BCUT2D eigenvalue weighted by atomic mass is 10.1. The monoisotopic (exact) mass is 476 g/mol. The molecule has 1 atom stereocenters. The van der Waals surface area contributed by atoms with Gasteiger partial charge in [0.05, 0.1) is 12.7 Å². The summed E-state index contributed by atoms with van der Waals surface area (Å²) in [6, 6.07) is 7.52. The summed E-state index contributed by atoms with van der Waals surface area (Å²) >= 11 is 0. The highest BCUT2D eigenvalue weighted by Crippen LogP contribution is 2.08. The van der Waals surface area contributed by atoms with Crippen LogP contribution in [-0.4, -0.2) is 58.4 Å². The molecule has 2 rings (SSSR count). The molecule has 0 spiro atoms. The van der Waals surface area contributed by atoms with Gasteiger partial charge < -0.3 is 25.4 Å². The van der Waals surface area contributed by atoms with E-state index in [9.17, 15) is 4.79 Å². The van der Waals surface area contributed by atoms with Crippen LogP contribution in [0.2, 0.25) is 0 Å². The normalized spacial score (nSPS) is 16.7. The standard InChI is InChI=1S/C18H28N4O3.HI/c1-19-17(23)15-6-3-5-14(11-15)12-22-18(20-2)21-8-4-9-25-16-7-10-24-13-16;/h3,5-6,11,16H,4,7-10,12-13H2,1-2H3,(H,19,23)(H2,20,21,22);1H. The van der Waals surface area contributed by atoms with Gasteiger partial charge in [-0.15, -0.1) is 24.0 Å². The Morgan fingerprint density at radius 3 is 2.92 bits per heavy atom. The topological polar surface area (TPSA) is 84.0 Å². The van der Waals surface area contributed by atoms with Crippen LogP contribution >= 0.6 is 24.0 Å². The molecule has 1 aromatic rings. The second-order valence-electron chi connectivity index (χ2n) is 5.84. The molecule has 0 saturated carbocycles. The fraction of sp³-hybridized carbons (Fsp3) is 0.556. The number of aliphatic imine (C=N–C) groups is 1. The van der Waals surface area contributed by atoms with Gasteiger partial charge in [0.25, 0.3) is 5.91 Å². The summed E-state index contributed by atoms with van der Waals surface area (Å²) in [6.45, 7) is 3.62. The fourth-order valence-corrected chi connectivity index (χ4v) is 2.55. The van der Waals surface area contributed by atoms with Crippen molar-refractivity contribution in [3.8, 4) is 0 Å². The summed E-state index contributed by atoms with van der Waals surface area (Å²) in [6.07, 6.45) is 2.15. The van der Waals surface area contributed by atoms with Gasteiger partial charge in [-0.1, -0.05) is 12.1 Å². The molecule has 1 aliphatic rings. The Kier molecular flexibility index (Phi) is 11.2. The molecule has 1 aromatic carbocycles. The first-order chi connectivity index (χ1) is 12.2. The molecule has 0 bridgehead atoms. The van der Waals surface area contributed by atoms with Crippen LogP contribution in [0.1, 0.15) is 28.8 Å². The zero-order chi connectivity index (χ0) is 17.9. The van der Waals surface area contributed by atoms with E-state index < -0.39 is 0 Å². The Balaban J connectivity index is 0.00000338. The second-order valence-corrected chi connectivity index (χ2v) is 5.84. The molecule has 26 heavy (non-hydrogen) atoms. The van der Waals surface area contributed by atoms with Gasteiger partial charge in [-0.05, 0) is 30.5 Å². The lowest BCUT2D eigenvalue weighted by Gasteiger charge is -2.13. The van der Waals surface area contributed by atoms with E-state index in [2.05, 4.69) is 20.9 Å². The van der Waals surface area contributed by atoms with Gasteiger partial charge in [0.2, 0.25) is 0 Å². The van der Waals surface area contributed by atoms with Crippen LogP contribution in [0.3, 0.4) is 0 Å². The molecule has 1 saturated heterocycles. The second kappa shape index (κ2) is 12.9. The number of hydrogen-bond acceptors (Lipinski definition) is 4. The highest BCUT2D eigenvalue weighted by Gasteiger charge is 2.15. The summed E-state index contributed by atoms with van der Waals surface area (Å²) in [7, 11) is 3.37. The van der Waals surface area contributed by atoms with Crippen molar-refractivity contribution >= 4 is 35.8 Å². The zero-order valence-corrected chi connectivity index (χ0v) is 17.7. The zero-order valence-electron chi connectivity index (χ0n) is 15.4. The van der Waals surface area contributed by atoms with E-state index >= 15 is 0 Å². The summed E-state index contributed by atoms with van der Waals surface area (Å²) in [5.74, 6) is 0.645. The first-order valence-electron chi connectivity index (χ1n) is 8.68. The van der Waals surface area contributed by atoms with Crippen LogP contribution in [0.5, 0.6) is 0 Å². The fourth-order valence-electron chi connectivity index (χ4n) is 2.55. The molecule has 1 amide bonds. The molecule has 8 heteroatoms. The predicted octanol–water partition coefficient (Wildman–Crippen LogP) is 1.52. The number of rotatable bonds is 8. The van der Waals surface area contributed by atoms with E-state index in [0.717, 1.165) is 37.5 Å². The number of hydrogen-bond donors (Lipinski definition) is 3. The molecule has 146 valence electrons. The van der Waals surface area contributed by atoms with Crippen molar-refractivity contribution in [1.82, 2.24) is 16.0 Å². The van der Waals surface area contributed by atoms with Crippen LogP contribution in [0, 0.1) is 0 Å². The van der Waals surface area contributed by atoms with Crippen LogP contribution in [0.4, 0.5) is 0 Å². The van der Waals surface area contributed by atoms with Crippen LogP contribution < -0.4 is 16.0 Å². The van der Waals surface area contributed by atoms with Gasteiger partial charge >= 0.3 is 0 Å². The molecule has 7 nitrogen and oxygen atoms in total. The van der Waals surface area contributed by atoms with E-state index in [1.165, 1.54) is 0 Å². The number of nitrogens with zero attached hydrogens (tertiary/aromatic N) is 1. The molecule has 3 N–H and O–H groups in total. The van der Waals surface area contributed by atoms with Gasteiger partial charge in [-0.25, -0.2) is 0 Å². The Bertz CT molecular complexity index is 577. The number of carbonyl (C=O) groups excluding carboxylic acids is 1. The van der Waals surface area contributed by atoms with Crippen LogP contribution in [0.25, 0.3) is 0 Å². The third kappa shape index (κ3) is 7.88. The number of benzene rings is 1. The third-order valence-corrected chi connectivity index (χ3v) is 3.95. The summed E-state index contributed by atoms with van der Waals surface area (Å²) in [5.41, 5.74) is 1.67. The maximum Gasteiger partial charge on any atom is 0.251 e. The van der Waals surface area contributed by atoms with E-state index in [1.54, 1.807) is 20.2 Å². The van der Waals surface area contributed by atoms with Gasteiger partial charge in [0.15, 0.2) is 5.96 Å². The molecule has 1 aliphatic heterocycles. The van der Waals surface area contributed by atoms with E-state index in [-0.39, 0.29) is 36.0 Å². The Morgan fingerprint density at radius 2 is 2.23 bits per heavy atom. The Morgan fingerprint density at radius 1 is 1.38 bits per heavy atom. The first-order valence-corrected chi connectivity index (χ1v) is 8.68. The maximum absolute atomic E-state index is 11.7. The van der Waals surface area contributed by atoms with Crippen molar-refractivity contribution in [3.05, 3.63) is 35.4 Å². The molecule has 0 aromatic heterocycles. The minimum atomic E-state index is -0.0861. The van der Waals surface area contributed by atoms with Crippen LogP contribution in [0.15, 0.2) is 29.3 Å². The summed E-state index contributed by atoms with van der Waals surface area (Å²) in [4.78, 5) is 15.9. The van der Waals surface area contributed by atoms with Gasteiger partial charge in [0, 0.05) is 46.0 Å². The highest BCUT2D eigenvalue weighted by atomic mass is 127. The first kappa shape index (κ1) is 22.7. The minimum Gasteiger partial charge on any atom is -0.379 e. The molecule has 1 heterocycles. The third-order valence-electron chi connectivity index (χ3n) is 3.95. The molecular formula is C18H29IN4O3. The number of amides is 1. The molecule has 1 fully saturated rings. The van der Waals surface area contributed by atoms with Crippen LogP contribution in [-0.2, 0) is 16.0 Å². The summed E-state index contributed by atoms with van der Waals surface area (Å²) < 4.78 is 11.0. The van der Waals surface area contributed by atoms with Gasteiger partial charge in [-0.3, -0.25) is 9.79 Å². The minimum absolute atomic E-state index is 0. The number of halogens is 1. The maximum atomic E-state index is 11.7. The molecule has 0 aliphatic carbocycles.